The van der Waals surface area contributed by atoms with E-state index in [0.29, 0.717) is 12.1 Å². The van der Waals surface area contributed by atoms with Crippen molar-refractivity contribution < 1.29 is 9.21 Å². The molecule has 4 nitrogen and oxygen atoms in total. The van der Waals surface area contributed by atoms with E-state index >= 15 is 0 Å². The molecule has 0 spiro atoms. The van der Waals surface area contributed by atoms with Gasteiger partial charge in [0.1, 0.15) is 11.5 Å². The second-order valence-corrected chi connectivity index (χ2v) is 3.46. The molecule has 0 radical (unpaired) electrons. The number of rotatable bonds is 3. The lowest BCUT2D eigenvalue weighted by Crippen LogP contribution is -2.02. The van der Waals surface area contributed by atoms with Gasteiger partial charge in [0.2, 0.25) is 0 Å². The lowest BCUT2D eigenvalue weighted by Gasteiger charge is -1.92. The molecule has 0 unspecified atom stereocenters. The quantitative estimate of drug-likeness (QED) is 0.716. The molecule has 0 aliphatic heterocycles. The Morgan fingerprint density at radius 3 is 2.93 bits per heavy atom. The molecule has 0 N–H and O–H groups in total. The van der Waals surface area contributed by atoms with Gasteiger partial charge in [-0.1, -0.05) is 0 Å². The summed E-state index contributed by atoms with van der Waals surface area (Å²) in [6.45, 7) is 1.54. The van der Waals surface area contributed by atoms with Crippen LogP contribution in [0.15, 0.2) is 28.9 Å². The van der Waals surface area contributed by atoms with E-state index < -0.39 is 0 Å². The number of hydrogen-bond donors (Lipinski definition) is 0. The van der Waals surface area contributed by atoms with E-state index in [2.05, 4.69) is 5.10 Å². The summed E-state index contributed by atoms with van der Waals surface area (Å²) in [5.41, 5.74) is 1.47. The van der Waals surface area contributed by atoms with Crippen LogP contribution in [-0.4, -0.2) is 15.6 Å². The van der Waals surface area contributed by atoms with Crippen LogP contribution in [0.1, 0.15) is 28.9 Å². The average molecular weight is 204 g/mol. The largest absolute Gasteiger partial charge is 0.469 e. The molecule has 0 saturated carbocycles. The predicted octanol–water partition coefficient (Wildman–Crippen LogP) is 1.81. The monoisotopic (exact) mass is 204 g/mol. The molecule has 2 heterocycles. The molecular formula is C11H12N2O2. The fourth-order valence-corrected chi connectivity index (χ4v) is 1.53. The topological polar surface area (TPSA) is 48.0 Å². The molecule has 4 heteroatoms. The van der Waals surface area contributed by atoms with Gasteiger partial charge in [-0.25, -0.2) is 0 Å². The van der Waals surface area contributed by atoms with Crippen molar-refractivity contribution in [3.05, 3.63) is 41.6 Å². The van der Waals surface area contributed by atoms with Crippen molar-refractivity contribution >= 4 is 5.78 Å². The summed E-state index contributed by atoms with van der Waals surface area (Å²) in [7, 11) is 1.77. The zero-order chi connectivity index (χ0) is 10.8. The Balaban J connectivity index is 2.23. The summed E-state index contributed by atoms with van der Waals surface area (Å²) in [6.07, 6.45) is 2.25. The molecule has 2 rings (SSSR count). The number of aromatic nitrogens is 2. The Hall–Kier alpha value is -1.84. The SMILES string of the molecule is CC(=O)c1cc(Cc2ccco2)nn1C. The Kier molecular flexibility index (Phi) is 2.41. The maximum Gasteiger partial charge on any atom is 0.177 e. The highest BCUT2D eigenvalue weighted by atomic mass is 16.3. The molecule has 2 aromatic rings. The first-order valence-corrected chi connectivity index (χ1v) is 4.73. The smallest absolute Gasteiger partial charge is 0.177 e. The van der Waals surface area contributed by atoms with Crippen LogP contribution >= 0.6 is 0 Å². The minimum atomic E-state index is 0.0238. The third kappa shape index (κ3) is 1.98. The zero-order valence-electron chi connectivity index (χ0n) is 8.73. The van der Waals surface area contributed by atoms with Gasteiger partial charge in [-0.15, -0.1) is 0 Å². The van der Waals surface area contributed by atoms with Crippen molar-refractivity contribution in [3.63, 3.8) is 0 Å². The molecule has 78 valence electrons. The number of carbonyl (C=O) groups is 1. The first-order chi connectivity index (χ1) is 7.16. The van der Waals surface area contributed by atoms with E-state index in [4.69, 9.17) is 4.42 Å². The predicted molar refractivity (Wildman–Crippen MR) is 54.7 cm³/mol. The molecular weight excluding hydrogens is 192 g/mol. The lowest BCUT2D eigenvalue weighted by molar-refractivity contribution is 0.100. The van der Waals surface area contributed by atoms with Gasteiger partial charge in [0.25, 0.3) is 0 Å². The van der Waals surface area contributed by atoms with E-state index in [1.807, 2.05) is 12.1 Å². The van der Waals surface area contributed by atoms with E-state index in [-0.39, 0.29) is 5.78 Å². The Morgan fingerprint density at radius 2 is 2.40 bits per heavy atom. The van der Waals surface area contributed by atoms with Gasteiger partial charge in [-0.3, -0.25) is 9.48 Å². The van der Waals surface area contributed by atoms with Crippen LogP contribution in [0.2, 0.25) is 0 Å². The van der Waals surface area contributed by atoms with Crippen LogP contribution in [-0.2, 0) is 13.5 Å². The van der Waals surface area contributed by atoms with Gasteiger partial charge in [-0.05, 0) is 18.2 Å². The van der Waals surface area contributed by atoms with E-state index in [0.717, 1.165) is 11.5 Å². The van der Waals surface area contributed by atoms with Gasteiger partial charge < -0.3 is 4.42 Å². The molecule has 0 bridgehead atoms. The molecule has 0 aromatic carbocycles. The molecule has 0 amide bonds. The molecule has 0 atom stereocenters. The Morgan fingerprint density at radius 1 is 1.60 bits per heavy atom. The maximum absolute atomic E-state index is 11.2. The van der Waals surface area contributed by atoms with Crippen LogP contribution in [0.4, 0.5) is 0 Å². The molecule has 0 saturated heterocycles. The Labute approximate surface area is 87.5 Å². The van der Waals surface area contributed by atoms with E-state index in [1.54, 1.807) is 24.1 Å². The van der Waals surface area contributed by atoms with Crippen molar-refractivity contribution in [1.82, 2.24) is 9.78 Å². The summed E-state index contributed by atoms with van der Waals surface area (Å²) in [6, 6.07) is 5.52. The van der Waals surface area contributed by atoms with Crippen LogP contribution in [0.25, 0.3) is 0 Å². The minimum Gasteiger partial charge on any atom is -0.469 e. The third-order valence-electron chi connectivity index (χ3n) is 2.23. The highest BCUT2D eigenvalue weighted by Crippen LogP contribution is 2.10. The number of furan rings is 1. The highest BCUT2D eigenvalue weighted by Gasteiger charge is 2.10. The summed E-state index contributed by atoms with van der Waals surface area (Å²) in [5, 5.41) is 4.24. The number of hydrogen-bond acceptors (Lipinski definition) is 3. The first kappa shape index (κ1) is 9.71. The number of nitrogens with zero attached hydrogens (tertiary/aromatic N) is 2. The van der Waals surface area contributed by atoms with Gasteiger partial charge >= 0.3 is 0 Å². The average Bonchev–Trinajstić information content (AvgIpc) is 2.75. The fraction of sp³-hybridized carbons (Fsp3) is 0.273. The van der Waals surface area contributed by atoms with Crippen molar-refractivity contribution in [2.75, 3.05) is 0 Å². The summed E-state index contributed by atoms with van der Waals surface area (Å²) in [4.78, 5) is 11.2. The van der Waals surface area contributed by atoms with Crippen molar-refractivity contribution in [2.24, 2.45) is 7.05 Å². The van der Waals surface area contributed by atoms with Crippen molar-refractivity contribution in [2.45, 2.75) is 13.3 Å². The molecule has 0 fully saturated rings. The number of carbonyl (C=O) groups excluding carboxylic acids is 1. The molecule has 0 aliphatic rings. The van der Waals surface area contributed by atoms with Crippen LogP contribution in [0, 0.1) is 0 Å². The first-order valence-electron chi connectivity index (χ1n) is 4.73. The third-order valence-corrected chi connectivity index (χ3v) is 2.23. The molecule has 2 aromatic heterocycles. The Bertz CT molecular complexity index is 469. The van der Waals surface area contributed by atoms with Gasteiger partial charge in [0.05, 0.1) is 12.0 Å². The van der Waals surface area contributed by atoms with Crippen LogP contribution < -0.4 is 0 Å². The number of ketones is 1. The van der Waals surface area contributed by atoms with Crippen molar-refractivity contribution in [3.8, 4) is 0 Å². The number of Topliss-reactive ketones (excluding diaryl/α,β-unsaturated/α-hetero) is 1. The fourth-order valence-electron chi connectivity index (χ4n) is 1.53. The summed E-state index contributed by atoms with van der Waals surface area (Å²) in [5.74, 6) is 0.874. The second-order valence-electron chi connectivity index (χ2n) is 3.46. The van der Waals surface area contributed by atoms with Gasteiger partial charge in [0, 0.05) is 20.4 Å². The van der Waals surface area contributed by atoms with Crippen molar-refractivity contribution in [1.29, 1.82) is 0 Å². The minimum absolute atomic E-state index is 0.0238. The lowest BCUT2D eigenvalue weighted by atomic mass is 10.2. The maximum atomic E-state index is 11.2. The normalized spacial score (nSPS) is 10.5. The van der Waals surface area contributed by atoms with Gasteiger partial charge in [0.15, 0.2) is 5.78 Å². The summed E-state index contributed by atoms with van der Waals surface area (Å²) >= 11 is 0. The van der Waals surface area contributed by atoms with E-state index in [9.17, 15) is 4.79 Å². The molecule has 0 aliphatic carbocycles. The van der Waals surface area contributed by atoms with Crippen LogP contribution in [0.3, 0.4) is 0 Å². The summed E-state index contributed by atoms with van der Waals surface area (Å²) < 4.78 is 6.81. The van der Waals surface area contributed by atoms with E-state index in [1.165, 1.54) is 6.92 Å². The molecule has 15 heavy (non-hydrogen) atoms. The number of aryl methyl sites for hydroxylation is 1. The standard InChI is InChI=1S/C11H12N2O2/c1-8(14)11-7-9(12-13(11)2)6-10-4-3-5-15-10/h3-5,7H,6H2,1-2H3. The highest BCUT2D eigenvalue weighted by molar-refractivity contribution is 5.92. The van der Waals surface area contributed by atoms with Crippen LogP contribution in [0.5, 0.6) is 0 Å². The van der Waals surface area contributed by atoms with Gasteiger partial charge in [-0.2, -0.15) is 5.10 Å². The second kappa shape index (κ2) is 3.73. The zero-order valence-corrected chi connectivity index (χ0v) is 8.73.